The van der Waals surface area contributed by atoms with Crippen LogP contribution in [-0.4, -0.2) is 19.3 Å². The summed E-state index contributed by atoms with van der Waals surface area (Å²) in [5.74, 6) is 0. The standard InChI is InChI=1S/C13H17BrN4S/c1-3-9-12(14)11(18(4-2)16-9)8-17-7-5-6-10(17)13(15)19/h5-7H,3-4,8H2,1-2H3,(H2,15,19). The van der Waals surface area contributed by atoms with Crippen molar-refractivity contribution in [2.45, 2.75) is 33.4 Å². The summed E-state index contributed by atoms with van der Waals surface area (Å²) < 4.78 is 5.15. The highest BCUT2D eigenvalue weighted by Gasteiger charge is 2.15. The predicted molar refractivity (Wildman–Crippen MR) is 84.4 cm³/mol. The van der Waals surface area contributed by atoms with Crippen LogP contribution in [0.15, 0.2) is 22.8 Å². The van der Waals surface area contributed by atoms with E-state index in [4.69, 9.17) is 18.0 Å². The van der Waals surface area contributed by atoms with Crippen LogP contribution < -0.4 is 5.73 Å². The summed E-state index contributed by atoms with van der Waals surface area (Å²) in [6, 6.07) is 3.89. The van der Waals surface area contributed by atoms with Gasteiger partial charge in [0.05, 0.1) is 28.1 Å². The van der Waals surface area contributed by atoms with Crippen LogP contribution in [0.25, 0.3) is 0 Å². The van der Waals surface area contributed by atoms with Gasteiger partial charge in [-0.05, 0) is 41.4 Å². The molecule has 0 spiro atoms. The molecule has 4 nitrogen and oxygen atoms in total. The molecule has 19 heavy (non-hydrogen) atoms. The number of hydrogen-bond donors (Lipinski definition) is 1. The van der Waals surface area contributed by atoms with E-state index in [1.54, 1.807) is 0 Å². The first kappa shape index (κ1) is 14.3. The monoisotopic (exact) mass is 340 g/mol. The van der Waals surface area contributed by atoms with Gasteiger partial charge in [0.25, 0.3) is 0 Å². The SMILES string of the molecule is CCc1nn(CC)c(Cn2cccc2C(N)=S)c1Br. The van der Waals surface area contributed by atoms with Gasteiger partial charge in [-0.15, -0.1) is 0 Å². The minimum absolute atomic E-state index is 0.416. The van der Waals surface area contributed by atoms with Crippen LogP contribution in [0.4, 0.5) is 0 Å². The Morgan fingerprint density at radius 3 is 2.79 bits per heavy atom. The first-order valence-electron chi connectivity index (χ1n) is 6.27. The van der Waals surface area contributed by atoms with Crippen molar-refractivity contribution in [3.8, 4) is 0 Å². The molecule has 0 atom stereocenters. The van der Waals surface area contributed by atoms with E-state index < -0.39 is 0 Å². The second kappa shape index (κ2) is 5.88. The molecule has 102 valence electrons. The number of nitrogens with two attached hydrogens (primary N) is 1. The van der Waals surface area contributed by atoms with E-state index in [-0.39, 0.29) is 0 Å². The number of hydrogen-bond acceptors (Lipinski definition) is 2. The van der Waals surface area contributed by atoms with Crippen molar-refractivity contribution in [1.29, 1.82) is 0 Å². The zero-order valence-corrected chi connectivity index (χ0v) is 13.5. The maximum Gasteiger partial charge on any atom is 0.120 e. The van der Waals surface area contributed by atoms with Crippen LogP contribution in [-0.2, 0) is 19.5 Å². The number of halogens is 1. The zero-order chi connectivity index (χ0) is 14.0. The first-order valence-corrected chi connectivity index (χ1v) is 7.47. The quantitative estimate of drug-likeness (QED) is 0.851. The molecule has 0 aliphatic rings. The number of nitrogens with zero attached hydrogens (tertiary/aromatic N) is 3. The zero-order valence-electron chi connectivity index (χ0n) is 11.1. The van der Waals surface area contributed by atoms with Crippen molar-refractivity contribution in [3.05, 3.63) is 39.9 Å². The highest BCUT2D eigenvalue weighted by atomic mass is 79.9. The molecular formula is C13H17BrN4S. The highest BCUT2D eigenvalue weighted by Crippen LogP contribution is 2.23. The summed E-state index contributed by atoms with van der Waals surface area (Å²) in [5, 5.41) is 4.59. The van der Waals surface area contributed by atoms with Gasteiger partial charge in [-0.1, -0.05) is 19.1 Å². The van der Waals surface area contributed by atoms with Crippen LogP contribution in [0.2, 0.25) is 0 Å². The van der Waals surface area contributed by atoms with Crippen molar-refractivity contribution < 1.29 is 0 Å². The van der Waals surface area contributed by atoms with Crippen LogP contribution in [0.1, 0.15) is 30.9 Å². The Kier molecular flexibility index (Phi) is 4.42. The lowest BCUT2D eigenvalue weighted by Gasteiger charge is -2.10. The van der Waals surface area contributed by atoms with Crippen molar-refractivity contribution >= 4 is 33.1 Å². The topological polar surface area (TPSA) is 48.8 Å². The highest BCUT2D eigenvalue weighted by molar-refractivity contribution is 9.10. The molecule has 2 rings (SSSR count). The molecule has 6 heteroatoms. The molecule has 2 aromatic heterocycles. The molecule has 0 aliphatic heterocycles. The average molecular weight is 341 g/mol. The van der Waals surface area contributed by atoms with Gasteiger partial charge in [-0.3, -0.25) is 4.68 Å². The van der Waals surface area contributed by atoms with Crippen molar-refractivity contribution in [3.63, 3.8) is 0 Å². The Balaban J connectivity index is 2.40. The summed E-state index contributed by atoms with van der Waals surface area (Å²) in [4.78, 5) is 0.416. The third kappa shape index (κ3) is 2.74. The normalized spacial score (nSPS) is 10.9. The molecular weight excluding hydrogens is 324 g/mol. The average Bonchev–Trinajstić information content (AvgIpc) is 2.96. The Morgan fingerprint density at radius 1 is 1.47 bits per heavy atom. The number of thiocarbonyl (C=S) groups is 1. The maximum absolute atomic E-state index is 5.73. The van der Waals surface area contributed by atoms with E-state index in [1.165, 1.54) is 0 Å². The van der Waals surface area contributed by atoms with Crippen LogP contribution in [0.3, 0.4) is 0 Å². The van der Waals surface area contributed by atoms with Gasteiger partial charge < -0.3 is 10.3 Å². The van der Waals surface area contributed by atoms with Gasteiger partial charge in [0.2, 0.25) is 0 Å². The second-order valence-electron chi connectivity index (χ2n) is 4.26. The molecule has 0 fully saturated rings. The van der Waals surface area contributed by atoms with Gasteiger partial charge in [0, 0.05) is 12.7 Å². The van der Waals surface area contributed by atoms with Gasteiger partial charge in [0.15, 0.2) is 0 Å². The molecule has 0 amide bonds. The summed E-state index contributed by atoms with van der Waals surface area (Å²) in [6.07, 6.45) is 2.90. The van der Waals surface area contributed by atoms with Gasteiger partial charge in [-0.2, -0.15) is 5.10 Å². The summed E-state index contributed by atoms with van der Waals surface area (Å²) in [6.45, 7) is 5.75. The maximum atomic E-state index is 5.73. The fraction of sp³-hybridized carbons (Fsp3) is 0.385. The van der Waals surface area contributed by atoms with Crippen molar-refractivity contribution in [2.24, 2.45) is 5.73 Å². The van der Waals surface area contributed by atoms with Crippen LogP contribution >= 0.6 is 28.1 Å². The lowest BCUT2D eigenvalue weighted by molar-refractivity contribution is 0.594. The molecule has 2 heterocycles. The smallest absolute Gasteiger partial charge is 0.120 e. The van der Waals surface area contributed by atoms with E-state index in [1.807, 2.05) is 23.0 Å². The number of aromatic nitrogens is 3. The second-order valence-corrected chi connectivity index (χ2v) is 5.50. The molecule has 0 unspecified atom stereocenters. The molecule has 2 N–H and O–H groups in total. The van der Waals surface area contributed by atoms with Crippen LogP contribution in [0.5, 0.6) is 0 Å². The van der Waals surface area contributed by atoms with Crippen LogP contribution in [0, 0.1) is 0 Å². The van der Waals surface area contributed by atoms with E-state index in [2.05, 4.69) is 39.4 Å². The number of aryl methyl sites for hydroxylation is 2. The summed E-state index contributed by atoms with van der Waals surface area (Å²) >= 11 is 8.71. The fourth-order valence-corrected chi connectivity index (χ4v) is 2.98. The Hall–Kier alpha value is -1.14. The van der Waals surface area contributed by atoms with Gasteiger partial charge >= 0.3 is 0 Å². The summed E-state index contributed by atoms with van der Waals surface area (Å²) in [5.41, 5.74) is 8.84. The predicted octanol–water partition coefficient (Wildman–Crippen LogP) is 2.71. The van der Waals surface area contributed by atoms with Crippen molar-refractivity contribution in [1.82, 2.24) is 14.3 Å². The van der Waals surface area contributed by atoms with E-state index >= 15 is 0 Å². The molecule has 0 saturated carbocycles. The minimum atomic E-state index is 0.416. The third-order valence-corrected chi connectivity index (χ3v) is 4.22. The Morgan fingerprint density at radius 2 is 2.21 bits per heavy atom. The lowest BCUT2D eigenvalue weighted by Crippen LogP contribution is -2.17. The molecule has 0 bridgehead atoms. The van der Waals surface area contributed by atoms with Gasteiger partial charge in [-0.25, -0.2) is 0 Å². The Bertz CT molecular complexity index is 600. The molecule has 0 aliphatic carbocycles. The van der Waals surface area contributed by atoms with Gasteiger partial charge in [0.1, 0.15) is 4.99 Å². The number of rotatable bonds is 5. The third-order valence-electron chi connectivity index (χ3n) is 3.10. The first-order chi connectivity index (χ1) is 9.08. The van der Waals surface area contributed by atoms with E-state index in [0.29, 0.717) is 11.5 Å². The van der Waals surface area contributed by atoms with E-state index in [9.17, 15) is 0 Å². The lowest BCUT2D eigenvalue weighted by atomic mass is 10.3. The fourth-order valence-electron chi connectivity index (χ4n) is 2.11. The largest absolute Gasteiger partial charge is 0.388 e. The molecule has 0 aromatic carbocycles. The molecule has 2 aromatic rings. The molecule has 0 saturated heterocycles. The molecule has 0 radical (unpaired) electrons. The minimum Gasteiger partial charge on any atom is -0.388 e. The Labute approximate surface area is 126 Å². The summed E-state index contributed by atoms with van der Waals surface area (Å²) in [7, 11) is 0. The van der Waals surface area contributed by atoms with Crippen molar-refractivity contribution in [2.75, 3.05) is 0 Å². The van der Waals surface area contributed by atoms with E-state index in [0.717, 1.165) is 34.5 Å².